The minimum absolute atomic E-state index is 0.786. The first-order chi connectivity index (χ1) is 7.90. The fourth-order valence-electron chi connectivity index (χ4n) is 2.82. The van der Waals surface area contributed by atoms with Crippen LogP contribution in [0.25, 0.3) is 0 Å². The molecule has 1 aromatic carbocycles. The monoisotopic (exact) mass is 217 g/mol. The van der Waals surface area contributed by atoms with Crippen LogP contribution in [-0.2, 0) is 6.42 Å². The summed E-state index contributed by atoms with van der Waals surface area (Å²) in [7, 11) is 0. The third kappa shape index (κ3) is 3.08. The van der Waals surface area contributed by atoms with Gasteiger partial charge >= 0.3 is 0 Å². The van der Waals surface area contributed by atoms with E-state index in [0.717, 1.165) is 12.0 Å². The van der Waals surface area contributed by atoms with Crippen LogP contribution in [0, 0.1) is 5.92 Å². The fourth-order valence-corrected chi connectivity index (χ4v) is 2.82. The van der Waals surface area contributed by atoms with Crippen LogP contribution in [0.5, 0.6) is 0 Å². The van der Waals surface area contributed by atoms with Gasteiger partial charge in [-0.15, -0.1) is 0 Å². The van der Waals surface area contributed by atoms with E-state index in [1.165, 1.54) is 44.2 Å². The predicted octanol–water partition coefficient (Wildman–Crippen LogP) is 3.40. The molecule has 1 aromatic rings. The molecule has 88 valence electrons. The minimum Gasteiger partial charge on any atom is -0.314 e. The van der Waals surface area contributed by atoms with E-state index in [9.17, 15) is 0 Å². The van der Waals surface area contributed by atoms with E-state index in [-0.39, 0.29) is 0 Å². The molecule has 1 heterocycles. The Balaban J connectivity index is 1.72. The van der Waals surface area contributed by atoms with Gasteiger partial charge in [0.15, 0.2) is 0 Å². The molecule has 0 unspecified atom stereocenters. The first kappa shape index (κ1) is 11.7. The largest absolute Gasteiger partial charge is 0.314 e. The fraction of sp³-hybridized carbons (Fsp3) is 0.600. The van der Waals surface area contributed by atoms with Gasteiger partial charge in [-0.25, -0.2) is 0 Å². The van der Waals surface area contributed by atoms with Crippen molar-refractivity contribution < 1.29 is 0 Å². The van der Waals surface area contributed by atoms with E-state index in [0.29, 0.717) is 0 Å². The summed E-state index contributed by atoms with van der Waals surface area (Å²) in [6, 6.07) is 11.6. The Kier molecular flexibility index (Phi) is 4.41. The molecule has 0 radical (unpaired) electrons. The second-order valence-corrected chi connectivity index (χ2v) is 4.90. The molecule has 1 N–H and O–H groups in total. The van der Waals surface area contributed by atoms with Crippen molar-refractivity contribution in [1.82, 2.24) is 5.32 Å². The van der Waals surface area contributed by atoms with Crippen molar-refractivity contribution in [3.63, 3.8) is 0 Å². The zero-order valence-electron chi connectivity index (χ0n) is 10.3. The Hall–Kier alpha value is -0.820. The van der Waals surface area contributed by atoms with Gasteiger partial charge in [0.2, 0.25) is 0 Å². The normalized spacial score (nSPS) is 24.8. The van der Waals surface area contributed by atoms with Crippen molar-refractivity contribution in [2.45, 2.75) is 45.1 Å². The summed E-state index contributed by atoms with van der Waals surface area (Å²) in [6.45, 7) is 3.55. The maximum atomic E-state index is 3.64. The molecule has 2 rings (SSSR count). The molecule has 1 nitrogen and oxygen atoms in total. The van der Waals surface area contributed by atoms with Gasteiger partial charge in [0, 0.05) is 6.04 Å². The molecule has 1 aliphatic rings. The van der Waals surface area contributed by atoms with Gasteiger partial charge in [-0.2, -0.15) is 0 Å². The van der Waals surface area contributed by atoms with E-state index in [1.54, 1.807) is 0 Å². The third-order valence-corrected chi connectivity index (χ3v) is 3.84. The zero-order valence-corrected chi connectivity index (χ0v) is 10.3. The topological polar surface area (TPSA) is 12.0 Å². The minimum atomic E-state index is 0.786. The molecule has 1 fully saturated rings. The predicted molar refractivity (Wildman–Crippen MR) is 69.6 cm³/mol. The summed E-state index contributed by atoms with van der Waals surface area (Å²) in [4.78, 5) is 0. The molecule has 0 saturated carbocycles. The Morgan fingerprint density at radius 2 is 2.06 bits per heavy atom. The van der Waals surface area contributed by atoms with Gasteiger partial charge in [-0.3, -0.25) is 0 Å². The molecule has 1 saturated heterocycles. The summed E-state index contributed by atoms with van der Waals surface area (Å²) in [5, 5.41) is 3.64. The van der Waals surface area contributed by atoms with E-state index in [1.807, 2.05) is 0 Å². The van der Waals surface area contributed by atoms with Gasteiger partial charge in [0.05, 0.1) is 0 Å². The molecule has 0 aliphatic carbocycles. The molecule has 2 atom stereocenters. The number of aryl methyl sites for hydroxylation is 1. The number of hydrogen-bond acceptors (Lipinski definition) is 1. The third-order valence-electron chi connectivity index (χ3n) is 3.84. The second kappa shape index (κ2) is 6.05. The standard InChI is InChI=1S/C15H23N/c1-2-14-11-12-16-15(14)10-6-9-13-7-4-3-5-8-13/h3-5,7-8,14-16H,2,6,9-12H2,1H3/t14-,15-/m0/s1. The number of hydrogen-bond donors (Lipinski definition) is 1. The van der Waals surface area contributed by atoms with Crippen LogP contribution in [0.3, 0.4) is 0 Å². The van der Waals surface area contributed by atoms with Crippen LogP contribution in [-0.4, -0.2) is 12.6 Å². The van der Waals surface area contributed by atoms with Crippen LogP contribution in [0.15, 0.2) is 30.3 Å². The highest BCUT2D eigenvalue weighted by atomic mass is 14.9. The summed E-state index contributed by atoms with van der Waals surface area (Å²) in [5.74, 6) is 0.927. The van der Waals surface area contributed by atoms with E-state index in [4.69, 9.17) is 0 Å². The van der Waals surface area contributed by atoms with Gasteiger partial charge in [-0.05, 0) is 43.7 Å². The van der Waals surface area contributed by atoms with Crippen molar-refractivity contribution in [2.75, 3.05) is 6.54 Å². The molecule has 0 bridgehead atoms. The van der Waals surface area contributed by atoms with Crippen LogP contribution in [0.1, 0.15) is 38.2 Å². The van der Waals surface area contributed by atoms with Crippen molar-refractivity contribution in [3.05, 3.63) is 35.9 Å². The molecular formula is C15H23N. The van der Waals surface area contributed by atoms with Crippen LogP contribution >= 0.6 is 0 Å². The lowest BCUT2D eigenvalue weighted by atomic mass is 9.93. The van der Waals surface area contributed by atoms with Crippen LogP contribution in [0.2, 0.25) is 0 Å². The molecule has 16 heavy (non-hydrogen) atoms. The SMILES string of the molecule is CC[C@H]1CCN[C@H]1CCCc1ccccc1. The Labute approximate surface area is 99.3 Å². The number of nitrogens with one attached hydrogen (secondary N) is 1. The van der Waals surface area contributed by atoms with E-state index < -0.39 is 0 Å². The zero-order chi connectivity index (χ0) is 11.2. The summed E-state index contributed by atoms with van der Waals surface area (Å²) >= 11 is 0. The van der Waals surface area contributed by atoms with Crippen LogP contribution < -0.4 is 5.32 Å². The molecule has 0 aromatic heterocycles. The highest BCUT2D eigenvalue weighted by molar-refractivity contribution is 5.14. The summed E-state index contributed by atoms with van der Waals surface area (Å²) in [5.41, 5.74) is 1.48. The quantitative estimate of drug-likeness (QED) is 0.797. The first-order valence-electron chi connectivity index (χ1n) is 6.67. The van der Waals surface area contributed by atoms with Crippen molar-refractivity contribution in [2.24, 2.45) is 5.92 Å². The summed E-state index contributed by atoms with van der Waals surface area (Å²) in [6.07, 6.45) is 6.61. The van der Waals surface area contributed by atoms with E-state index in [2.05, 4.69) is 42.6 Å². The highest BCUT2D eigenvalue weighted by Gasteiger charge is 2.24. The van der Waals surface area contributed by atoms with Gasteiger partial charge in [0.25, 0.3) is 0 Å². The summed E-state index contributed by atoms with van der Waals surface area (Å²) < 4.78 is 0. The Morgan fingerprint density at radius 1 is 1.25 bits per heavy atom. The van der Waals surface area contributed by atoms with E-state index >= 15 is 0 Å². The van der Waals surface area contributed by atoms with Gasteiger partial charge in [0.1, 0.15) is 0 Å². The molecule has 0 amide bonds. The Bertz CT molecular complexity index is 294. The smallest absolute Gasteiger partial charge is 0.00958 e. The Morgan fingerprint density at radius 3 is 2.81 bits per heavy atom. The van der Waals surface area contributed by atoms with Crippen molar-refractivity contribution in [3.8, 4) is 0 Å². The van der Waals surface area contributed by atoms with Gasteiger partial charge < -0.3 is 5.32 Å². The molecule has 1 aliphatic heterocycles. The number of benzene rings is 1. The maximum Gasteiger partial charge on any atom is 0.00958 e. The lowest BCUT2D eigenvalue weighted by molar-refractivity contribution is 0.404. The average molecular weight is 217 g/mol. The van der Waals surface area contributed by atoms with Gasteiger partial charge in [-0.1, -0.05) is 43.7 Å². The first-order valence-corrected chi connectivity index (χ1v) is 6.67. The van der Waals surface area contributed by atoms with Crippen molar-refractivity contribution in [1.29, 1.82) is 0 Å². The molecule has 1 heteroatoms. The molecular weight excluding hydrogens is 194 g/mol. The lowest BCUT2D eigenvalue weighted by Crippen LogP contribution is -2.26. The molecule has 0 spiro atoms. The van der Waals surface area contributed by atoms with Crippen molar-refractivity contribution >= 4 is 0 Å². The lowest BCUT2D eigenvalue weighted by Gasteiger charge is -2.17. The maximum absolute atomic E-state index is 3.64. The van der Waals surface area contributed by atoms with Crippen LogP contribution in [0.4, 0.5) is 0 Å². The second-order valence-electron chi connectivity index (χ2n) is 4.90. The number of rotatable bonds is 5. The average Bonchev–Trinajstić information content (AvgIpc) is 2.78. The highest BCUT2D eigenvalue weighted by Crippen LogP contribution is 2.22.